The number of furan rings is 2. The van der Waals surface area contributed by atoms with E-state index in [2.05, 4.69) is 138 Å². The van der Waals surface area contributed by atoms with E-state index >= 15 is 0 Å². The summed E-state index contributed by atoms with van der Waals surface area (Å²) in [7, 11) is 0. The summed E-state index contributed by atoms with van der Waals surface area (Å²) >= 11 is 0. The van der Waals surface area contributed by atoms with Crippen LogP contribution in [0.2, 0.25) is 0 Å². The van der Waals surface area contributed by atoms with Crippen molar-refractivity contribution in [3.05, 3.63) is 164 Å². The van der Waals surface area contributed by atoms with Crippen molar-refractivity contribution in [3.63, 3.8) is 0 Å². The maximum Gasteiger partial charge on any atom is 0.143 e. The first-order valence-corrected chi connectivity index (χ1v) is 15.2. The molecule has 212 valence electrons. The van der Waals surface area contributed by atoms with Gasteiger partial charge in [-0.3, -0.25) is 0 Å². The Hall–Kier alpha value is -6.06. The van der Waals surface area contributed by atoms with Gasteiger partial charge < -0.3 is 13.7 Å². The first kappa shape index (κ1) is 25.4. The number of benzene rings is 7. The highest BCUT2D eigenvalue weighted by Gasteiger charge is 2.20. The zero-order valence-corrected chi connectivity index (χ0v) is 24.4. The smallest absolute Gasteiger partial charge is 0.143 e. The van der Waals surface area contributed by atoms with Gasteiger partial charge in [0.25, 0.3) is 0 Å². The van der Waals surface area contributed by atoms with Crippen LogP contribution in [0.1, 0.15) is 0 Å². The number of rotatable bonds is 5. The van der Waals surface area contributed by atoms with Gasteiger partial charge in [0.2, 0.25) is 0 Å². The van der Waals surface area contributed by atoms with E-state index in [1.54, 1.807) is 0 Å². The molecular weight excluding hydrogens is 550 g/mol. The number of anilines is 3. The van der Waals surface area contributed by atoms with E-state index in [0.717, 1.165) is 83.2 Å². The van der Waals surface area contributed by atoms with Gasteiger partial charge in [-0.25, -0.2) is 0 Å². The Labute approximate surface area is 260 Å². The monoisotopic (exact) mass is 577 g/mol. The highest BCUT2D eigenvalue weighted by Crippen LogP contribution is 2.44. The van der Waals surface area contributed by atoms with Gasteiger partial charge in [-0.1, -0.05) is 97.1 Å². The first-order chi connectivity index (χ1) is 22.3. The fourth-order valence-electron chi connectivity index (χ4n) is 6.59. The lowest BCUT2D eigenvalue weighted by Gasteiger charge is -2.25. The van der Waals surface area contributed by atoms with Crippen molar-refractivity contribution < 1.29 is 8.83 Å². The van der Waals surface area contributed by atoms with Gasteiger partial charge in [-0.05, 0) is 83.4 Å². The lowest BCUT2D eigenvalue weighted by Crippen LogP contribution is -2.09. The molecule has 0 unspecified atom stereocenters. The van der Waals surface area contributed by atoms with Gasteiger partial charge in [-0.15, -0.1) is 0 Å². The van der Waals surface area contributed by atoms with Crippen LogP contribution in [0, 0.1) is 0 Å². The van der Waals surface area contributed by atoms with E-state index in [1.165, 1.54) is 0 Å². The lowest BCUT2D eigenvalue weighted by atomic mass is 9.94. The van der Waals surface area contributed by atoms with Crippen molar-refractivity contribution >= 4 is 60.9 Å². The van der Waals surface area contributed by atoms with Gasteiger partial charge in [-0.2, -0.15) is 0 Å². The van der Waals surface area contributed by atoms with Crippen molar-refractivity contribution in [2.45, 2.75) is 0 Å². The Morgan fingerprint density at radius 2 is 0.911 bits per heavy atom. The van der Waals surface area contributed by atoms with E-state index in [4.69, 9.17) is 8.83 Å². The third-order valence-corrected chi connectivity index (χ3v) is 8.65. The van der Waals surface area contributed by atoms with Gasteiger partial charge in [0.05, 0.1) is 0 Å². The molecule has 0 N–H and O–H groups in total. The third-order valence-electron chi connectivity index (χ3n) is 8.65. The fourth-order valence-corrected chi connectivity index (χ4v) is 6.59. The average molecular weight is 578 g/mol. The van der Waals surface area contributed by atoms with Crippen LogP contribution in [0.25, 0.3) is 66.1 Å². The SMILES string of the molecule is c1ccc(-c2cc(-c3ccc(N(c4ccccc4)c4ccccc4)cc3)cc3c2oc2ccc4oc5ccccc5c4c23)cc1. The Bertz CT molecular complexity index is 2420. The van der Waals surface area contributed by atoms with Crippen LogP contribution >= 0.6 is 0 Å². The summed E-state index contributed by atoms with van der Waals surface area (Å²) in [6.07, 6.45) is 0. The maximum absolute atomic E-state index is 6.66. The Morgan fingerprint density at radius 3 is 1.60 bits per heavy atom. The molecule has 0 spiro atoms. The molecule has 0 saturated carbocycles. The normalized spacial score (nSPS) is 11.6. The highest BCUT2D eigenvalue weighted by molar-refractivity contribution is 6.27. The summed E-state index contributed by atoms with van der Waals surface area (Å²) in [5, 5.41) is 4.36. The predicted octanol–water partition coefficient (Wildman–Crippen LogP) is 12.3. The molecule has 0 bridgehead atoms. The Balaban J connectivity index is 1.26. The maximum atomic E-state index is 6.66. The third kappa shape index (κ3) is 4.21. The van der Waals surface area contributed by atoms with E-state index in [1.807, 2.05) is 30.3 Å². The summed E-state index contributed by atoms with van der Waals surface area (Å²) in [5.74, 6) is 0. The summed E-state index contributed by atoms with van der Waals surface area (Å²) in [6, 6.07) is 57.2. The van der Waals surface area contributed by atoms with Gasteiger partial charge >= 0.3 is 0 Å². The highest BCUT2D eigenvalue weighted by atomic mass is 16.3. The van der Waals surface area contributed by atoms with E-state index in [0.29, 0.717) is 0 Å². The van der Waals surface area contributed by atoms with Crippen LogP contribution in [0.15, 0.2) is 173 Å². The van der Waals surface area contributed by atoms with Crippen LogP contribution in [0.3, 0.4) is 0 Å². The van der Waals surface area contributed by atoms with Crippen LogP contribution in [-0.4, -0.2) is 0 Å². The molecule has 9 rings (SSSR count). The molecule has 0 fully saturated rings. The lowest BCUT2D eigenvalue weighted by molar-refractivity contribution is 0.663. The molecule has 2 aromatic heterocycles. The number of nitrogens with zero attached hydrogens (tertiary/aromatic N) is 1. The molecule has 3 heteroatoms. The largest absolute Gasteiger partial charge is 0.456 e. The minimum absolute atomic E-state index is 0.857. The topological polar surface area (TPSA) is 29.5 Å². The summed E-state index contributed by atoms with van der Waals surface area (Å²) in [6.45, 7) is 0. The number of para-hydroxylation sites is 3. The second kappa shape index (κ2) is 10.3. The molecule has 3 nitrogen and oxygen atoms in total. The number of hydrogen-bond acceptors (Lipinski definition) is 3. The minimum atomic E-state index is 0.857. The van der Waals surface area contributed by atoms with Crippen LogP contribution in [-0.2, 0) is 0 Å². The van der Waals surface area contributed by atoms with Crippen LogP contribution < -0.4 is 4.90 Å². The van der Waals surface area contributed by atoms with Gasteiger partial charge in [0, 0.05) is 44.2 Å². The van der Waals surface area contributed by atoms with Crippen LogP contribution in [0.4, 0.5) is 17.1 Å². The van der Waals surface area contributed by atoms with Gasteiger partial charge in [0.15, 0.2) is 0 Å². The number of fused-ring (bicyclic) bond motifs is 7. The second-order valence-corrected chi connectivity index (χ2v) is 11.3. The predicted molar refractivity (Wildman–Crippen MR) is 187 cm³/mol. The first-order valence-electron chi connectivity index (χ1n) is 15.2. The molecule has 45 heavy (non-hydrogen) atoms. The molecule has 0 atom stereocenters. The van der Waals surface area contributed by atoms with Gasteiger partial charge in [0.1, 0.15) is 22.3 Å². The summed E-state index contributed by atoms with van der Waals surface area (Å²) in [5.41, 5.74) is 11.3. The number of hydrogen-bond donors (Lipinski definition) is 0. The van der Waals surface area contributed by atoms with Crippen LogP contribution in [0.5, 0.6) is 0 Å². The molecule has 2 heterocycles. The van der Waals surface area contributed by atoms with Crippen molar-refractivity contribution in [3.8, 4) is 22.3 Å². The van der Waals surface area contributed by atoms with E-state index in [9.17, 15) is 0 Å². The Morgan fingerprint density at radius 1 is 0.356 bits per heavy atom. The molecule has 9 aromatic rings. The van der Waals surface area contributed by atoms with Crippen molar-refractivity contribution in [1.29, 1.82) is 0 Å². The molecule has 0 radical (unpaired) electrons. The summed E-state index contributed by atoms with van der Waals surface area (Å²) < 4.78 is 12.9. The fraction of sp³-hybridized carbons (Fsp3) is 0. The molecule has 0 amide bonds. The van der Waals surface area contributed by atoms with Crippen molar-refractivity contribution in [2.75, 3.05) is 4.90 Å². The molecule has 7 aromatic carbocycles. The molecule has 0 saturated heterocycles. The molecule has 0 aliphatic heterocycles. The molecule has 0 aliphatic carbocycles. The van der Waals surface area contributed by atoms with E-state index in [-0.39, 0.29) is 0 Å². The standard InChI is InChI=1S/C42H27NO2/c1-4-12-29(13-5-1)35-26-30(27-36-41-39(45-42(35)36)25-24-38-40(41)34-18-10-11-19-37(34)44-38)28-20-22-33(23-21-28)43(31-14-6-2-7-15-31)32-16-8-3-9-17-32/h1-27H. The Kier molecular flexibility index (Phi) is 5.82. The quantitative estimate of drug-likeness (QED) is 0.204. The average Bonchev–Trinajstić information content (AvgIpc) is 3.68. The molecule has 0 aliphatic rings. The van der Waals surface area contributed by atoms with Crippen molar-refractivity contribution in [2.24, 2.45) is 0 Å². The molecular formula is C42H27NO2. The minimum Gasteiger partial charge on any atom is -0.456 e. The zero-order valence-electron chi connectivity index (χ0n) is 24.4. The summed E-state index contributed by atoms with van der Waals surface area (Å²) in [4.78, 5) is 2.28. The second-order valence-electron chi connectivity index (χ2n) is 11.3. The van der Waals surface area contributed by atoms with E-state index < -0.39 is 0 Å². The zero-order chi connectivity index (χ0) is 29.7. The van der Waals surface area contributed by atoms with Crippen molar-refractivity contribution in [1.82, 2.24) is 0 Å².